The highest BCUT2D eigenvalue weighted by atomic mass is 19.4. The third-order valence-electron chi connectivity index (χ3n) is 4.53. The van der Waals surface area contributed by atoms with Gasteiger partial charge in [0.05, 0.1) is 36.7 Å². The van der Waals surface area contributed by atoms with E-state index >= 15 is 0 Å². The Morgan fingerprint density at radius 3 is 2.46 bits per heavy atom. The summed E-state index contributed by atoms with van der Waals surface area (Å²) in [6, 6.07) is 3.57. The molecule has 1 amide bonds. The summed E-state index contributed by atoms with van der Waals surface area (Å²) in [6.45, 7) is 8.19. The fraction of sp³-hybridized carbons (Fsp3) is 0.611. The Labute approximate surface area is 151 Å². The van der Waals surface area contributed by atoms with Crippen LogP contribution in [0.3, 0.4) is 0 Å². The minimum atomic E-state index is -4.46. The number of hydrogen-bond donors (Lipinski definition) is 2. The predicted molar refractivity (Wildman–Crippen MR) is 95.4 cm³/mol. The molecule has 146 valence electrons. The summed E-state index contributed by atoms with van der Waals surface area (Å²) in [5.74, 6) is -0.0217. The van der Waals surface area contributed by atoms with E-state index in [1.54, 1.807) is 0 Å². The lowest BCUT2D eigenvalue weighted by Gasteiger charge is -2.31. The van der Waals surface area contributed by atoms with E-state index in [-0.39, 0.29) is 24.2 Å². The number of alkyl halides is 3. The second-order valence-electron chi connectivity index (χ2n) is 6.79. The summed E-state index contributed by atoms with van der Waals surface area (Å²) >= 11 is 0. The summed E-state index contributed by atoms with van der Waals surface area (Å²) < 4.78 is 44.5. The number of nitrogens with one attached hydrogen (secondary N) is 2. The maximum Gasteiger partial charge on any atom is 0.416 e. The fourth-order valence-electron chi connectivity index (χ4n) is 2.58. The van der Waals surface area contributed by atoms with Gasteiger partial charge in [0.2, 0.25) is 5.91 Å². The molecule has 1 aromatic carbocycles. The minimum absolute atomic E-state index is 0.0398. The van der Waals surface area contributed by atoms with Crippen LogP contribution in [0.25, 0.3) is 0 Å². The molecule has 0 radical (unpaired) electrons. The molecule has 2 N–H and O–H groups in total. The first-order valence-electron chi connectivity index (χ1n) is 8.75. The zero-order valence-corrected chi connectivity index (χ0v) is 15.3. The normalized spacial score (nSPS) is 16.7. The van der Waals surface area contributed by atoms with Crippen molar-refractivity contribution >= 4 is 17.3 Å². The van der Waals surface area contributed by atoms with Crippen molar-refractivity contribution < 1.29 is 22.7 Å². The van der Waals surface area contributed by atoms with Crippen molar-refractivity contribution in [2.75, 3.05) is 43.1 Å². The van der Waals surface area contributed by atoms with Gasteiger partial charge in [-0.1, -0.05) is 13.8 Å². The summed E-state index contributed by atoms with van der Waals surface area (Å²) in [4.78, 5) is 14.2. The molecule has 1 saturated heterocycles. The van der Waals surface area contributed by atoms with E-state index in [2.05, 4.69) is 10.6 Å². The Hall–Kier alpha value is -1.80. The van der Waals surface area contributed by atoms with E-state index in [1.165, 1.54) is 6.07 Å². The quantitative estimate of drug-likeness (QED) is 0.805. The molecule has 5 nitrogen and oxygen atoms in total. The van der Waals surface area contributed by atoms with Gasteiger partial charge in [0.1, 0.15) is 0 Å². The third-order valence-corrected chi connectivity index (χ3v) is 4.53. The molecular formula is C18H26F3N3O2. The molecule has 1 fully saturated rings. The van der Waals surface area contributed by atoms with E-state index in [4.69, 9.17) is 4.74 Å². The smallest absolute Gasteiger partial charge is 0.378 e. The molecule has 1 aliphatic rings. The van der Waals surface area contributed by atoms with Crippen LogP contribution in [0.2, 0.25) is 0 Å². The summed E-state index contributed by atoms with van der Waals surface area (Å²) in [6.07, 6.45) is -4.46. The van der Waals surface area contributed by atoms with Crippen molar-refractivity contribution in [3.63, 3.8) is 0 Å². The molecule has 1 heterocycles. The Morgan fingerprint density at radius 1 is 1.23 bits per heavy atom. The van der Waals surface area contributed by atoms with Crippen LogP contribution in [0.4, 0.5) is 24.5 Å². The van der Waals surface area contributed by atoms with E-state index in [0.717, 1.165) is 12.1 Å². The van der Waals surface area contributed by atoms with Gasteiger partial charge in [-0.15, -0.1) is 0 Å². The van der Waals surface area contributed by atoms with Gasteiger partial charge in [-0.05, 0) is 31.0 Å². The van der Waals surface area contributed by atoms with Crippen LogP contribution in [0.15, 0.2) is 18.2 Å². The Morgan fingerprint density at radius 2 is 1.88 bits per heavy atom. The van der Waals surface area contributed by atoms with Gasteiger partial charge in [0.15, 0.2) is 0 Å². The number of carbonyl (C=O) groups is 1. The van der Waals surface area contributed by atoms with Crippen molar-refractivity contribution in [1.82, 2.24) is 5.32 Å². The molecule has 0 aliphatic carbocycles. The lowest BCUT2D eigenvalue weighted by atomic mass is 10.1. The molecule has 1 aromatic rings. The van der Waals surface area contributed by atoms with Gasteiger partial charge in [-0.2, -0.15) is 13.2 Å². The predicted octanol–water partition coefficient (Wildman–Crippen LogP) is 3.11. The molecule has 0 spiro atoms. The number of anilines is 2. The lowest BCUT2D eigenvalue weighted by molar-refractivity contribution is -0.137. The van der Waals surface area contributed by atoms with Gasteiger partial charge < -0.3 is 20.3 Å². The van der Waals surface area contributed by atoms with Crippen molar-refractivity contribution in [2.24, 2.45) is 5.92 Å². The standard InChI is InChI=1S/C18H26F3N3O2/c1-12(2)13(3)22-11-17(25)23-15-10-14(18(19,20)21)4-5-16(15)24-6-8-26-9-7-24/h4-5,10,12-13,22H,6-9,11H2,1-3H3,(H,23,25). The maximum absolute atomic E-state index is 13.1. The van der Waals surface area contributed by atoms with Crippen molar-refractivity contribution in [3.8, 4) is 0 Å². The average molecular weight is 373 g/mol. The number of nitrogens with zero attached hydrogens (tertiary/aromatic N) is 1. The number of halogens is 3. The van der Waals surface area contributed by atoms with Gasteiger partial charge in [0.25, 0.3) is 0 Å². The molecule has 0 saturated carbocycles. The second kappa shape index (κ2) is 8.73. The number of carbonyl (C=O) groups excluding carboxylic acids is 1. The molecule has 8 heteroatoms. The summed E-state index contributed by atoms with van der Waals surface area (Å²) in [5, 5.41) is 5.71. The zero-order valence-electron chi connectivity index (χ0n) is 15.3. The first-order valence-corrected chi connectivity index (χ1v) is 8.75. The van der Waals surface area contributed by atoms with Gasteiger partial charge >= 0.3 is 6.18 Å². The number of amides is 1. The average Bonchev–Trinajstić information content (AvgIpc) is 2.59. The first kappa shape index (κ1) is 20.5. The highest BCUT2D eigenvalue weighted by Crippen LogP contribution is 2.35. The Kier molecular flexibility index (Phi) is 6.88. The fourth-order valence-corrected chi connectivity index (χ4v) is 2.58. The van der Waals surface area contributed by atoms with Crippen LogP contribution in [-0.4, -0.2) is 44.8 Å². The van der Waals surface area contributed by atoms with Crippen LogP contribution >= 0.6 is 0 Å². The summed E-state index contributed by atoms with van der Waals surface area (Å²) in [5.41, 5.74) is -0.0365. The maximum atomic E-state index is 13.1. The summed E-state index contributed by atoms with van der Waals surface area (Å²) in [7, 11) is 0. The van der Waals surface area contributed by atoms with Crippen molar-refractivity contribution in [1.29, 1.82) is 0 Å². The topological polar surface area (TPSA) is 53.6 Å². The molecule has 2 rings (SSSR count). The largest absolute Gasteiger partial charge is 0.416 e. The number of hydrogen-bond acceptors (Lipinski definition) is 4. The number of ether oxygens (including phenoxy) is 1. The van der Waals surface area contributed by atoms with Gasteiger partial charge in [0, 0.05) is 19.1 Å². The minimum Gasteiger partial charge on any atom is -0.378 e. The van der Waals surface area contributed by atoms with Gasteiger partial charge in [-0.3, -0.25) is 4.79 Å². The Balaban J connectivity index is 2.18. The molecule has 26 heavy (non-hydrogen) atoms. The molecule has 1 atom stereocenters. The van der Waals surface area contributed by atoms with Crippen LogP contribution in [0, 0.1) is 5.92 Å². The highest BCUT2D eigenvalue weighted by Gasteiger charge is 2.32. The first-order chi connectivity index (χ1) is 12.2. The molecule has 0 bridgehead atoms. The van der Waals surface area contributed by atoms with E-state index in [0.29, 0.717) is 37.9 Å². The van der Waals surface area contributed by atoms with E-state index in [9.17, 15) is 18.0 Å². The SMILES string of the molecule is CC(C)C(C)NCC(=O)Nc1cc(C(F)(F)F)ccc1N1CCOCC1. The number of morpholine rings is 1. The zero-order chi connectivity index (χ0) is 19.3. The van der Waals surface area contributed by atoms with E-state index < -0.39 is 11.7 Å². The number of benzene rings is 1. The number of rotatable bonds is 6. The highest BCUT2D eigenvalue weighted by molar-refractivity contribution is 5.95. The molecular weight excluding hydrogens is 347 g/mol. The lowest BCUT2D eigenvalue weighted by Crippen LogP contribution is -2.38. The van der Waals surface area contributed by atoms with Crippen molar-refractivity contribution in [3.05, 3.63) is 23.8 Å². The Bertz CT molecular complexity index is 614. The monoisotopic (exact) mass is 373 g/mol. The van der Waals surface area contributed by atoms with Crippen LogP contribution in [-0.2, 0) is 15.7 Å². The molecule has 1 aliphatic heterocycles. The molecule has 1 unspecified atom stereocenters. The molecule has 0 aromatic heterocycles. The third kappa shape index (κ3) is 5.60. The van der Waals surface area contributed by atoms with E-state index in [1.807, 2.05) is 25.7 Å². The van der Waals surface area contributed by atoms with Crippen LogP contribution < -0.4 is 15.5 Å². The van der Waals surface area contributed by atoms with Crippen LogP contribution in [0.1, 0.15) is 26.3 Å². The second-order valence-corrected chi connectivity index (χ2v) is 6.79. The van der Waals surface area contributed by atoms with Gasteiger partial charge in [-0.25, -0.2) is 0 Å². The van der Waals surface area contributed by atoms with Crippen LogP contribution in [0.5, 0.6) is 0 Å². The van der Waals surface area contributed by atoms with Crippen molar-refractivity contribution in [2.45, 2.75) is 33.0 Å².